The fraction of sp³-hybridized carbons (Fsp3) is 0.333. The molecule has 6 heteroatoms. The Balaban J connectivity index is 2.13. The van der Waals surface area contributed by atoms with E-state index < -0.39 is 0 Å². The Morgan fingerprint density at radius 1 is 1.39 bits per heavy atom. The molecule has 96 valence electrons. The van der Waals surface area contributed by atoms with Gasteiger partial charge in [-0.15, -0.1) is 10.2 Å². The molecule has 4 nitrogen and oxygen atoms in total. The minimum absolute atomic E-state index is 0.308. The van der Waals surface area contributed by atoms with Gasteiger partial charge in [-0.1, -0.05) is 6.92 Å². The lowest BCUT2D eigenvalue weighted by Crippen LogP contribution is -2.16. The highest BCUT2D eigenvalue weighted by Gasteiger charge is 2.11. The van der Waals surface area contributed by atoms with E-state index in [0.717, 1.165) is 13.1 Å². The number of nitrogens with zero attached hydrogens (tertiary/aromatic N) is 2. The predicted octanol–water partition coefficient (Wildman–Crippen LogP) is 2.79. The monoisotopic (exact) mass is 313 g/mol. The maximum Gasteiger partial charge on any atom is 0.248 e. The molecule has 0 radical (unpaired) electrons. The third kappa shape index (κ3) is 3.14. The molecule has 0 aliphatic rings. The highest BCUT2D eigenvalue weighted by atomic mass is 79.9. The summed E-state index contributed by atoms with van der Waals surface area (Å²) in [4.78, 5) is 0. The van der Waals surface area contributed by atoms with E-state index in [-0.39, 0.29) is 5.82 Å². The highest BCUT2D eigenvalue weighted by Crippen LogP contribution is 2.27. The summed E-state index contributed by atoms with van der Waals surface area (Å²) in [6.07, 6.45) is 0.680. The largest absolute Gasteiger partial charge is 0.421 e. The molecular formula is C12H13BrFN3O. The molecule has 2 rings (SSSR count). The first-order chi connectivity index (χ1) is 8.70. The first-order valence-corrected chi connectivity index (χ1v) is 6.48. The Labute approximate surface area is 113 Å². The lowest BCUT2D eigenvalue weighted by Gasteiger charge is -1.99. The Morgan fingerprint density at radius 2 is 2.22 bits per heavy atom. The van der Waals surface area contributed by atoms with Crippen LogP contribution in [0.5, 0.6) is 0 Å². The van der Waals surface area contributed by atoms with Crippen LogP contribution in [0.4, 0.5) is 4.39 Å². The molecule has 0 saturated heterocycles. The molecule has 0 fully saturated rings. The van der Waals surface area contributed by atoms with Gasteiger partial charge < -0.3 is 9.73 Å². The van der Waals surface area contributed by atoms with E-state index in [1.165, 1.54) is 12.1 Å². The molecule has 0 aliphatic heterocycles. The van der Waals surface area contributed by atoms with Crippen LogP contribution in [0.3, 0.4) is 0 Å². The molecule has 0 aliphatic carbocycles. The number of hydrogen-bond acceptors (Lipinski definition) is 4. The molecule has 0 amide bonds. The van der Waals surface area contributed by atoms with E-state index >= 15 is 0 Å². The second-order valence-electron chi connectivity index (χ2n) is 3.73. The van der Waals surface area contributed by atoms with Gasteiger partial charge in [0, 0.05) is 17.4 Å². The van der Waals surface area contributed by atoms with Gasteiger partial charge in [-0.2, -0.15) is 0 Å². The number of hydrogen-bond donors (Lipinski definition) is 1. The highest BCUT2D eigenvalue weighted by molar-refractivity contribution is 9.10. The molecule has 0 spiro atoms. The van der Waals surface area contributed by atoms with E-state index in [4.69, 9.17) is 4.42 Å². The maximum absolute atomic E-state index is 13.0. The number of nitrogens with one attached hydrogen (secondary N) is 1. The van der Waals surface area contributed by atoms with Gasteiger partial charge in [0.15, 0.2) is 0 Å². The van der Waals surface area contributed by atoms with Crippen LogP contribution >= 0.6 is 15.9 Å². The van der Waals surface area contributed by atoms with Gasteiger partial charge in [0.25, 0.3) is 0 Å². The number of likely N-dealkylation sites (N-methyl/N-ethyl adjacent to an activating group) is 1. The lowest BCUT2D eigenvalue weighted by atomic mass is 10.2. The fourth-order valence-corrected chi connectivity index (χ4v) is 2.02. The van der Waals surface area contributed by atoms with Crippen LogP contribution in [-0.2, 0) is 6.42 Å². The van der Waals surface area contributed by atoms with Crippen LogP contribution in [0.25, 0.3) is 11.5 Å². The number of aromatic nitrogens is 2. The Kier molecular flexibility index (Phi) is 4.43. The van der Waals surface area contributed by atoms with Crippen LogP contribution < -0.4 is 5.32 Å². The molecule has 1 N–H and O–H groups in total. The molecule has 0 atom stereocenters. The molecule has 18 heavy (non-hydrogen) atoms. The Bertz CT molecular complexity index is 530. The average molecular weight is 314 g/mol. The summed E-state index contributed by atoms with van der Waals surface area (Å²) in [5, 5.41) is 11.1. The SMILES string of the molecule is CCNCCc1nnc(-c2ccc(F)cc2Br)o1. The molecule has 2 aromatic rings. The summed E-state index contributed by atoms with van der Waals surface area (Å²) in [7, 11) is 0. The first-order valence-electron chi connectivity index (χ1n) is 5.69. The molecule has 0 bridgehead atoms. The second kappa shape index (κ2) is 6.06. The van der Waals surface area contributed by atoms with Crippen molar-refractivity contribution in [2.24, 2.45) is 0 Å². The first kappa shape index (κ1) is 13.2. The summed E-state index contributed by atoms with van der Waals surface area (Å²) in [5.41, 5.74) is 0.693. The Morgan fingerprint density at radius 3 is 2.94 bits per heavy atom. The number of halogens is 2. The minimum Gasteiger partial charge on any atom is -0.421 e. The van der Waals surface area contributed by atoms with Crippen molar-refractivity contribution in [3.63, 3.8) is 0 Å². The molecule has 1 aromatic heterocycles. The summed E-state index contributed by atoms with van der Waals surface area (Å²) in [6.45, 7) is 3.74. The van der Waals surface area contributed by atoms with Crippen molar-refractivity contribution < 1.29 is 8.81 Å². The average Bonchev–Trinajstić information content (AvgIpc) is 2.78. The molecule has 0 unspecified atom stereocenters. The Hall–Kier alpha value is -1.27. The molecule has 1 heterocycles. The van der Waals surface area contributed by atoms with Gasteiger partial charge in [0.1, 0.15) is 5.82 Å². The van der Waals surface area contributed by atoms with E-state index in [1.54, 1.807) is 6.07 Å². The van der Waals surface area contributed by atoms with E-state index in [0.29, 0.717) is 28.2 Å². The lowest BCUT2D eigenvalue weighted by molar-refractivity contribution is 0.496. The zero-order valence-corrected chi connectivity index (χ0v) is 11.5. The van der Waals surface area contributed by atoms with Crippen molar-refractivity contribution >= 4 is 15.9 Å². The number of rotatable bonds is 5. The third-order valence-electron chi connectivity index (χ3n) is 2.39. The van der Waals surface area contributed by atoms with Crippen LogP contribution in [0.1, 0.15) is 12.8 Å². The minimum atomic E-state index is -0.308. The quantitative estimate of drug-likeness (QED) is 0.862. The normalized spacial score (nSPS) is 10.8. The van der Waals surface area contributed by atoms with Crippen LogP contribution in [0.15, 0.2) is 27.1 Å². The summed E-state index contributed by atoms with van der Waals surface area (Å²) < 4.78 is 19.1. The zero-order valence-electron chi connectivity index (χ0n) is 9.91. The molecular weight excluding hydrogens is 301 g/mol. The van der Waals surface area contributed by atoms with Crippen molar-refractivity contribution in [1.29, 1.82) is 0 Å². The van der Waals surface area contributed by atoms with Gasteiger partial charge in [-0.3, -0.25) is 0 Å². The standard InChI is InChI=1S/C12H13BrFN3O/c1-2-15-6-5-11-16-17-12(18-11)9-4-3-8(14)7-10(9)13/h3-4,7,15H,2,5-6H2,1H3. The zero-order chi connectivity index (χ0) is 13.0. The van der Waals surface area contributed by atoms with Crippen molar-refractivity contribution in [2.45, 2.75) is 13.3 Å². The van der Waals surface area contributed by atoms with Crippen molar-refractivity contribution in [3.05, 3.63) is 34.4 Å². The smallest absolute Gasteiger partial charge is 0.248 e. The van der Waals surface area contributed by atoms with E-state index in [9.17, 15) is 4.39 Å². The van der Waals surface area contributed by atoms with Crippen molar-refractivity contribution in [3.8, 4) is 11.5 Å². The van der Waals surface area contributed by atoms with Gasteiger partial charge in [-0.25, -0.2) is 4.39 Å². The third-order valence-corrected chi connectivity index (χ3v) is 3.05. The van der Waals surface area contributed by atoms with Gasteiger partial charge in [0.2, 0.25) is 11.8 Å². The van der Waals surface area contributed by atoms with Crippen molar-refractivity contribution in [2.75, 3.05) is 13.1 Å². The molecule has 0 saturated carbocycles. The van der Waals surface area contributed by atoms with Crippen LogP contribution in [0.2, 0.25) is 0 Å². The fourth-order valence-electron chi connectivity index (χ4n) is 1.50. The van der Waals surface area contributed by atoms with Crippen LogP contribution in [-0.4, -0.2) is 23.3 Å². The summed E-state index contributed by atoms with van der Waals surface area (Å²) in [6, 6.07) is 4.35. The van der Waals surface area contributed by atoms with E-state index in [2.05, 4.69) is 31.4 Å². The topological polar surface area (TPSA) is 51.0 Å². The number of benzene rings is 1. The maximum atomic E-state index is 13.0. The molecule has 1 aromatic carbocycles. The van der Waals surface area contributed by atoms with E-state index in [1.807, 2.05) is 6.92 Å². The second-order valence-corrected chi connectivity index (χ2v) is 4.58. The van der Waals surface area contributed by atoms with Gasteiger partial charge in [-0.05, 0) is 40.7 Å². The van der Waals surface area contributed by atoms with Gasteiger partial charge >= 0.3 is 0 Å². The van der Waals surface area contributed by atoms with Crippen LogP contribution in [0, 0.1) is 5.82 Å². The van der Waals surface area contributed by atoms with Crippen molar-refractivity contribution in [1.82, 2.24) is 15.5 Å². The summed E-state index contributed by atoms with van der Waals surface area (Å²) >= 11 is 3.28. The van der Waals surface area contributed by atoms with Gasteiger partial charge in [0.05, 0.1) is 5.56 Å². The predicted molar refractivity (Wildman–Crippen MR) is 69.6 cm³/mol. The summed E-state index contributed by atoms with van der Waals surface area (Å²) in [5.74, 6) is 0.660.